The average molecular weight is 221 g/mol. The van der Waals surface area contributed by atoms with Crippen LogP contribution in [0.1, 0.15) is 12.1 Å². The number of pyridine rings is 1. The molecule has 0 amide bonds. The molecule has 88 valence electrons. The van der Waals surface area contributed by atoms with E-state index < -0.39 is 0 Å². The highest BCUT2D eigenvalue weighted by Gasteiger charge is 2.11. The van der Waals surface area contributed by atoms with Crippen LogP contribution in [0.15, 0.2) is 24.4 Å². The van der Waals surface area contributed by atoms with Gasteiger partial charge in [-0.25, -0.2) is 0 Å². The van der Waals surface area contributed by atoms with Gasteiger partial charge in [-0.05, 0) is 25.1 Å². The minimum absolute atomic E-state index is 0.366. The molecule has 1 unspecified atom stereocenters. The maximum Gasteiger partial charge on any atom is 0.0712 e. The highest BCUT2D eigenvalue weighted by Crippen LogP contribution is 2.00. The van der Waals surface area contributed by atoms with Crippen molar-refractivity contribution in [2.75, 3.05) is 26.2 Å². The molecule has 4 nitrogen and oxygen atoms in total. The standard InChI is InChI=1S/C12H19N3O/c1-2-5-15-11(3-1)9-13-6-4-12-10-14-7-8-16-12/h1-3,5,12-14H,4,6-10H2. The molecular formula is C12H19N3O. The molecule has 0 bridgehead atoms. The fourth-order valence-electron chi connectivity index (χ4n) is 1.79. The van der Waals surface area contributed by atoms with E-state index in [2.05, 4.69) is 15.6 Å². The maximum absolute atomic E-state index is 5.61. The summed E-state index contributed by atoms with van der Waals surface area (Å²) in [4.78, 5) is 4.26. The summed E-state index contributed by atoms with van der Waals surface area (Å²) in [5.74, 6) is 0. The highest BCUT2D eigenvalue weighted by molar-refractivity contribution is 5.02. The number of ether oxygens (including phenoxy) is 1. The van der Waals surface area contributed by atoms with Crippen molar-refractivity contribution in [3.8, 4) is 0 Å². The third-order valence-electron chi connectivity index (χ3n) is 2.68. The molecule has 2 rings (SSSR count). The van der Waals surface area contributed by atoms with Crippen molar-refractivity contribution in [2.45, 2.75) is 19.1 Å². The van der Waals surface area contributed by atoms with Gasteiger partial charge in [0.2, 0.25) is 0 Å². The van der Waals surface area contributed by atoms with E-state index in [4.69, 9.17) is 4.74 Å². The van der Waals surface area contributed by atoms with E-state index in [1.807, 2.05) is 24.4 Å². The normalized spacial score (nSPS) is 20.9. The van der Waals surface area contributed by atoms with Crippen molar-refractivity contribution in [3.05, 3.63) is 30.1 Å². The molecule has 1 aromatic heterocycles. The zero-order chi connectivity index (χ0) is 11.1. The lowest BCUT2D eigenvalue weighted by molar-refractivity contribution is 0.0238. The summed E-state index contributed by atoms with van der Waals surface area (Å²) in [6, 6.07) is 5.98. The first-order valence-electron chi connectivity index (χ1n) is 5.88. The summed E-state index contributed by atoms with van der Waals surface area (Å²) < 4.78 is 5.61. The second kappa shape index (κ2) is 6.58. The molecule has 1 aliphatic rings. The van der Waals surface area contributed by atoms with Crippen LogP contribution < -0.4 is 10.6 Å². The number of rotatable bonds is 5. The zero-order valence-electron chi connectivity index (χ0n) is 9.48. The second-order valence-electron chi connectivity index (χ2n) is 3.98. The summed E-state index contributed by atoms with van der Waals surface area (Å²) in [6.07, 6.45) is 3.25. The van der Waals surface area contributed by atoms with Gasteiger partial charge >= 0.3 is 0 Å². The maximum atomic E-state index is 5.61. The van der Waals surface area contributed by atoms with Crippen LogP contribution >= 0.6 is 0 Å². The molecule has 4 heteroatoms. The monoisotopic (exact) mass is 221 g/mol. The molecule has 1 aliphatic heterocycles. The Labute approximate surface area is 96.4 Å². The van der Waals surface area contributed by atoms with Crippen LogP contribution in [-0.2, 0) is 11.3 Å². The molecule has 1 fully saturated rings. The van der Waals surface area contributed by atoms with E-state index in [-0.39, 0.29) is 0 Å². The lowest BCUT2D eigenvalue weighted by Crippen LogP contribution is -2.39. The zero-order valence-corrected chi connectivity index (χ0v) is 9.48. The molecule has 1 atom stereocenters. The number of hydrogen-bond donors (Lipinski definition) is 2. The van der Waals surface area contributed by atoms with Crippen molar-refractivity contribution in [2.24, 2.45) is 0 Å². The summed E-state index contributed by atoms with van der Waals surface area (Å²) in [5.41, 5.74) is 1.09. The first-order valence-corrected chi connectivity index (χ1v) is 5.88. The lowest BCUT2D eigenvalue weighted by Gasteiger charge is -2.23. The largest absolute Gasteiger partial charge is 0.376 e. The highest BCUT2D eigenvalue weighted by atomic mass is 16.5. The molecule has 0 aliphatic carbocycles. The average Bonchev–Trinajstić information content (AvgIpc) is 2.37. The molecule has 16 heavy (non-hydrogen) atoms. The Hall–Kier alpha value is -0.970. The topological polar surface area (TPSA) is 46.2 Å². The van der Waals surface area contributed by atoms with Crippen LogP contribution in [0.3, 0.4) is 0 Å². The van der Waals surface area contributed by atoms with Gasteiger partial charge < -0.3 is 15.4 Å². The Morgan fingerprint density at radius 3 is 3.25 bits per heavy atom. The minimum Gasteiger partial charge on any atom is -0.376 e. The quantitative estimate of drug-likeness (QED) is 0.713. The molecule has 0 aromatic carbocycles. The van der Waals surface area contributed by atoms with E-state index in [1.54, 1.807) is 0 Å². The van der Waals surface area contributed by atoms with Crippen LogP contribution in [0.25, 0.3) is 0 Å². The Morgan fingerprint density at radius 1 is 1.50 bits per heavy atom. The summed E-state index contributed by atoms with van der Waals surface area (Å²) in [7, 11) is 0. The molecule has 0 radical (unpaired) electrons. The third-order valence-corrected chi connectivity index (χ3v) is 2.68. The molecule has 0 spiro atoms. The summed E-state index contributed by atoms with van der Waals surface area (Å²) in [5, 5.41) is 6.71. The van der Waals surface area contributed by atoms with Crippen LogP contribution in [-0.4, -0.2) is 37.3 Å². The lowest BCUT2D eigenvalue weighted by atomic mass is 10.2. The van der Waals surface area contributed by atoms with Crippen molar-refractivity contribution in [1.82, 2.24) is 15.6 Å². The third kappa shape index (κ3) is 3.89. The SMILES string of the molecule is c1ccc(CNCCC2CNCCO2)nc1. The van der Waals surface area contributed by atoms with Crippen LogP contribution in [0.4, 0.5) is 0 Å². The number of nitrogens with zero attached hydrogens (tertiary/aromatic N) is 1. The van der Waals surface area contributed by atoms with Gasteiger partial charge in [-0.15, -0.1) is 0 Å². The first kappa shape index (κ1) is 11.5. The van der Waals surface area contributed by atoms with E-state index in [0.717, 1.165) is 44.9 Å². The van der Waals surface area contributed by atoms with Gasteiger partial charge in [0.25, 0.3) is 0 Å². The van der Waals surface area contributed by atoms with Crippen molar-refractivity contribution in [1.29, 1.82) is 0 Å². The first-order chi connectivity index (χ1) is 7.95. The molecular weight excluding hydrogens is 202 g/mol. The van der Waals surface area contributed by atoms with Crippen LogP contribution in [0.5, 0.6) is 0 Å². The predicted octanol–water partition coefficient (Wildman–Crippen LogP) is 0.550. The predicted molar refractivity (Wildman–Crippen MR) is 63.2 cm³/mol. The van der Waals surface area contributed by atoms with Gasteiger partial charge in [0.1, 0.15) is 0 Å². The van der Waals surface area contributed by atoms with E-state index >= 15 is 0 Å². The number of aromatic nitrogens is 1. The summed E-state index contributed by atoms with van der Waals surface area (Å²) >= 11 is 0. The van der Waals surface area contributed by atoms with Crippen molar-refractivity contribution >= 4 is 0 Å². The molecule has 1 aromatic rings. The van der Waals surface area contributed by atoms with Gasteiger partial charge in [-0.3, -0.25) is 4.98 Å². The molecule has 2 N–H and O–H groups in total. The number of hydrogen-bond acceptors (Lipinski definition) is 4. The Kier molecular flexibility index (Phi) is 4.73. The smallest absolute Gasteiger partial charge is 0.0712 e. The molecule has 1 saturated heterocycles. The molecule has 2 heterocycles. The Morgan fingerprint density at radius 2 is 2.50 bits per heavy atom. The Balaban J connectivity index is 1.58. The van der Waals surface area contributed by atoms with Gasteiger partial charge in [0.05, 0.1) is 18.4 Å². The van der Waals surface area contributed by atoms with E-state index in [0.29, 0.717) is 6.10 Å². The van der Waals surface area contributed by atoms with Gasteiger partial charge in [-0.1, -0.05) is 6.07 Å². The number of nitrogens with one attached hydrogen (secondary N) is 2. The van der Waals surface area contributed by atoms with E-state index in [1.165, 1.54) is 0 Å². The molecule has 0 saturated carbocycles. The van der Waals surface area contributed by atoms with E-state index in [9.17, 15) is 0 Å². The summed E-state index contributed by atoms with van der Waals surface area (Å²) in [6.45, 7) is 4.61. The van der Waals surface area contributed by atoms with Crippen LogP contribution in [0, 0.1) is 0 Å². The fraction of sp³-hybridized carbons (Fsp3) is 0.583. The second-order valence-corrected chi connectivity index (χ2v) is 3.98. The Bertz CT molecular complexity index is 286. The minimum atomic E-state index is 0.366. The van der Waals surface area contributed by atoms with Gasteiger partial charge in [0.15, 0.2) is 0 Å². The van der Waals surface area contributed by atoms with Crippen molar-refractivity contribution in [3.63, 3.8) is 0 Å². The van der Waals surface area contributed by atoms with Crippen molar-refractivity contribution < 1.29 is 4.74 Å². The van der Waals surface area contributed by atoms with Gasteiger partial charge in [0, 0.05) is 25.8 Å². The van der Waals surface area contributed by atoms with Crippen LogP contribution in [0.2, 0.25) is 0 Å². The number of morpholine rings is 1. The van der Waals surface area contributed by atoms with Gasteiger partial charge in [-0.2, -0.15) is 0 Å². The fourth-order valence-corrected chi connectivity index (χ4v) is 1.79.